The minimum atomic E-state index is 1.16. The van der Waals surface area contributed by atoms with E-state index in [1.54, 1.807) is 0 Å². The molecule has 0 atom stereocenters. The summed E-state index contributed by atoms with van der Waals surface area (Å²) in [7, 11) is 0. The molecule has 0 saturated heterocycles. The lowest BCUT2D eigenvalue weighted by atomic mass is 10.00. The summed E-state index contributed by atoms with van der Waals surface area (Å²) in [6.45, 7) is 0. The van der Waals surface area contributed by atoms with Crippen molar-refractivity contribution in [2.24, 2.45) is 0 Å². The second-order valence-electron chi connectivity index (χ2n) is 14.6. The van der Waals surface area contributed by atoms with E-state index in [0.717, 1.165) is 11.4 Å². The standard InChI is InChI=1S/C52H33N3/c1-3-15-38(16-4-1)53-46-21-11-9-19-41(46)44-32-36(24-28-48(44)53)37-25-29-49-45(33-37)42-27-30-50-51(43-20-10-12-22-47(43)54(50)39-17-5-2-6-18-39)52(42)55(49)40-26-23-34-13-7-8-14-35(34)31-40/h1-33H. The van der Waals surface area contributed by atoms with E-state index in [2.05, 4.69) is 214 Å². The molecule has 0 spiro atoms. The fourth-order valence-corrected chi connectivity index (χ4v) is 9.19. The Labute approximate surface area is 317 Å². The van der Waals surface area contributed by atoms with Crippen molar-refractivity contribution >= 4 is 76.2 Å². The summed E-state index contributed by atoms with van der Waals surface area (Å²) < 4.78 is 7.30. The smallest absolute Gasteiger partial charge is 0.0641 e. The van der Waals surface area contributed by atoms with Crippen LogP contribution in [0.25, 0.3) is 104 Å². The molecule has 0 amide bonds. The molecule has 0 saturated carbocycles. The van der Waals surface area contributed by atoms with Gasteiger partial charge in [0.05, 0.1) is 33.1 Å². The lowest BCUT2D eigenvalue weighted by Gasteiger charge is -2.11. The van der Waals surface area contributed by atoms with Gasteiger partial charge in [-0.2, -0.15) is 0 Å². The van der Waals surface area contributed by atoms with Crippen LogP contribution in [0.15, 0.2) is 200 Å². The minimum Gasteiger partial charge on any atom is -0.309 e. The van der Waals surface area contributed by atoms with E-state index in [0.29, 0.717) is 0 Å². The first-order valence-electron chi connectivity index (χ1n) is 18.9. The van der Waals surface area contributed by atoms with Gasteiger partial charge in [0.15, 0.2) is 0 Å². The number of nitrogens with zero attached hydrogens (tertiary/aromatic N) is 3. The predicted octanol–water partition coefficient (Wildman–Crippen LogP) is 13.8. The van der Waals surface area contributed by atoms with Gasteiger partial charge in [-0.05, 0) is 101 Å². The Kier molecular flexibility index (Phi) is 6.34. The molecule has 256 valence electrons. The van der Waals surface area contributed by atoms with E-state index in [1.807, 2.05) is 0 Å². The van der Waals surface area contributed by atoms with Crippen molar-refractivity contribution in [1.29, 1.82) is 0 Å². The van der Waals surface area contributed by atoms with Gasteiger partial charge in [0.2, 0.25) is 0 Å². The van der Waals surface area contributed by atoms with Crippen LogP contribution < -0.4 is 0 Å². The molecular formula is C52H33N3. The summed E-state index contributed by atoms with van der Waals surface area (Å²) in [4.78, 5) is 0. The average molecular weight is 700 g/mol. The Hall–Kier alpha value is -7.36. The Balaban J connectivity index is 1.16. The Morgan fingerprint density at radius 1 is 0.255 bits per heavy atom. The molecule has 0 N–H and O–H groups in total. The molecule has 0 fully saturated rings. The third-order valence-corrected chi connectivity index (χ3v) is 11.6. The first-order valence-corrected chi connectivity index (χ1v) is 18.9. The summed E-state index contributed by atoms with van der Waals surface area (Å²) in [5, 5.41) is 9.98. The molecule has 0 unspecified atom stereocenters. The molecule has 9 aromatic carbocycles. The van der Waals surface area contributed by atoms with Crippen molar-refractivity contribution < 1.29 is 0 Å². The highest BCUT2D eigenvalue weighted by molar-refractivity contribution is 6.26. The number of hydrogen-bond acceptors (Lipinski definition) is 0. The van der Waals surface area contributed by atoms with Crippen LogP contribution in [0.1, 0.15) is 0 Å². The lowest BCUT2D eigenvalue weighted by molar-refractivity contribution is 1.18. The molecule has 3 nitrogen and oxygen atoms in total. The topological polar surface area (TPSA) is 14.8 Å². The van der Waals surface area contributed by atoms with E-state index in [1.165, 1.54) is 93.0 Å². The van der Waals surface area contributed by atoms with Gasteiger partial charge in [0, 0.05) is 49.4 Å². The van der Waals surface area contributed by atoms with E-state index in [4.69, 9.17) is 0 Å². The summed E-state index contributed by atoms with van der Waals surface area (Å²) in [5.41, 5.74) is 13.2. The monoisotopic (exact) mass is 699 g/mol. The van der Waals surface area contributed by atoms with E-state index in [9.17, 15) is 0 Å². The Bertz CT molecular complexity index is 3470. The molecule has 55 heavy (non-hydrogen) atoms. The van der Waals surface area contributed by atoms with Crippen LogP contribution >= 0.6 is 0 Å². The molecule has 0 aliphatic heterocycles. The van der Waals surface area contributed by atoms with E-state index in [-0.39, 0.29) is 0 Å². The minimum absolute atomic E-state index is 1.16. The zero-order chi connectivity index (χ0) is 36.0. The second-order valence-corrected chi connectivity index (χ2v) is 14.6. The average Bonchev–Trinajstić information content (AvgIpc) is 3.89. The molecule has 0 radical (unpaired) electrons. The molecule has 0 bridgehead atoms. The quantitative estimate of drug-likeness (QED) is 0.174. The summed E-state index contributed by atoms with van der Waals surface area (Å²) in [6.07, 6.45) is 0. The largest absolute Gasteiger partial charge is 0.309 e. The Morgan fingerprint density at radius 3 is 1.47 bits per heavy atom. The lowest BCUT2D eigenvalue weighted by Crippen LogP contribution is -1.95. The van der Waals surface area contributed by atoms with Crippen molar-refractivity contribution in [3.8, 4) is 28.2 Å². The van der Waals surface area contributed by atoms with Crippen molar-refractivity contribution in [2.45, 2.75) is 0 Å². The normalized spacial score (nSPS) is 12.0. The Morgan fingerprint density at radius 2 is 0.764 bits per heavy atom. The maximum Gasteiger partial charge on any atom is 0.0641 e. The molecule has 3 heteroatoms. The first-order chi connectivity index (χ1) is 27.3. The predicted molar refractivity (Wildman–Crippen MR) is 232 cm³/mol. The van der Waals surface area contributed by atoms with Gasteiger partial charge in [-0.1, -0.05) is 121 Å². The van der Waals surface area contributed by atoms with Crippen molar-refractivity contribution in [2.75, 3.05) is 0 Å². The highest BCUT2D eigenvalue weighted by atomic mass is 15.0. The van der Waals surface area contributed by atoms with Gasteiger partial charge in [-0.15, -0.1) is 0 Å². The zero-order valence-electron chi connectivity index (χ0n) is 29.9. The number of benzene rings is 9. The number of rotatable bonds is 4. The maximum absolute atomic E-state index is 2.50. The van der Waals surface area contributed by atoms with Gasteiger partial charge in [-0.3, -0.25) is 0 Å². The number of fused-ring (bicyclic) bond motifs is 11. The highest BCUT2D eigenvalue weighted by Gasteiger charge is 2.22. The van der Waals surface area contributed by atoms with Crippen LogP contribution in [0.3, 0.4) is 0 Å². The molecule has 12 aromatic rings. The summed E-state index contributed by atoms with van der Waals surface area (Å²) >= 11 is 0. The van der Waals surface area contributed by atoms with Crippen LogP contribution in [0, 0.1) is 0 Å². The van der Waals surface area contributed by atoms with Crippen LogP contribution in [0.2, 0.25) is 0 Å². The van der Waals surface area contributed by atoms with Gasteiger partial charge < -0.3 is 13.7 Å². The van der Waals surface area contributed by atoms with Crippen LogP contribution in [-0.2, 0) is 0 Å². The van der Waals surface area contributed by atoms with Crippen LogP contribution in [0.5, 0.6) is 0 Å². The molecule has 3 heterocycles. The van der Waals surface area contributed by atoms with Gasteiger partial charge in [-0.25, -0.2) is 0 Å². The van der Waals surface area contributed by atoms with Crippen molar-refractivity contribution in [1.82, 2.24) is 13.7 Å². The zero-order valence-corrected chi connectivity index (χ0v) is 29.9. The third-order valence-electron chi connectivity index (χ3n) is 11.6. The SMILES string of the molecule is c1ccc(-n2c3ccccc3c3cc(-c4ccc5c(c4)c4ccc6c(c7ccccc7n6-c6ccccc6)c4n5-c4ccc5ccccc5c4)ccc32)cc1. The van der Waals surface area contributed by atoms with Gasteiger partial charge >= 0.3 is 0 Å². The van der Waals surface area contributed by atoms with Gasteiger partial charge in [0.1, 0.15) is 0 Å². The maximum atomic E-state index is 2.50. The molecular weight excluding hydrogens is 667 g/mol. The highest BCUT2D eigenvalue weighted by Crippen LogP contribution is 2.44. The summed E-state index contributed by atoms with van der Waals surface area (Å²) in [5.74, 6) is 0. The molecule has 3 aromatic heterocycles. The second kappa shape index (κ2) is 11.6. The van der Waals surface area contributed by atoms with Crippen LogP contribution in [-0.4, -0.2) is 13.7 Å². The number of hydrogen-bond donors (Lipinski definition) is 0. The van der Waals surface area contributed by atoms with E-state index >= 15 is 0 Å². The van der Waals surface area contributed by atoms with Crippen LogP contribution in [0.4, 0.5) is 0 Å². The summed E-state index contributed by atoms with van der Waals surface area (Å²) in [6, 6.07) is 73.2. The van der Waals surface area contributed by atoms with Crippen molar-refractivity contribution in [3.05, 3.63) is 200 Å². The number of para-hydroxylation sites is 4. The van der Waals surface area contributed by atoms with Crippen molar-refractivity contribution in [3.63, 3.8) is 0 Å². The first kappa shape index (κ1) is 30.1. The third kappa shape index (κ3) is 4.38. The van der Waals surface area contributed by atoms with E-state index < -0.39 is 0 Å². The van der Waals surface area contributed by atoms with Gasteiger partial charge in [0.25, 0.3) is 0 Å². The fourth-order valence-electron chi connectivity index (χ4n) is 9.19. The molecule has 0 aliphatic rings. The fraction of sp³-hybridized carbons (Fsp3) is 0. The number of aromatic nitrogens is 3. The molecule has 0 aliphatic carbocycles. The molecule has 12 rings (SSSR count).